The first-order valence-electron chi connectivity index (χ1n) is 7.29. The maximum Gasteiger partial charge on any atom is 0.318 e. The number of hydrogen-bond acceptors (Lipinski definition) is 3. The van der Waals surface area contributed by atoms with Gasteiger partial charge in [0.05, 0.1) is 6.42 Å². The van der Waals surface area contributed by atoms with E-state index < -0.39 is 12.0 Å². The smallest absolute Gasteiger partial charge is 0.318 e. The highest BCUT2D eigenvalue weighted by Gasteiger charge is 2.21. The first-order valence-corrected chi connectivity index (χ1v) is 7.29. The summed E-state index contributed by atoms with van der Waals surface area (Å²) in [6.45, 7) is 4.30. The van der Waals surface area contributed by atoms with Gasteiger partial charge in [-0.2, -0.15) is 0 Å². The molecule has 0 bridgehead atoms. The van der Waals surface area contributed by atoms with Crippen molar-refractivity contribution >= 4 is 17.9 Å². The molecule has 0 aliphatic carbocycles. The average molecular weight is 301 g/mol. The van der Waals surface area contributed by atoms with Gasteiger partial charge < -0.3 is 20.2 Å². The lowest BCUT2D eigenvalue weighted by Crippen LogP contribution is -2.49. The van der Waals surface area contributed by atoms with Gasteiger partial charge in [-0.15, -0.1) is 0 Å². The van der Waals surface area contributed by atoms with Crippen molar-refractivity contribution in [1.29, 1.82) is 0 Å². The lowest BCUT2D eigenvalue weighted by atomic mass is 10.1. The fourth-order valence-electron chi connectivity index (χ4n) is 1.88. The number of carbonyl (C=O) groups excluding carboxylic acids is 2. The van der Waals surface area contributed by atoms with E-state index >= 15 is 0 Å². The molecule has 0 aromatic rings. The van der Waals surface area contributed by atoms with E-state index in [0.717, 1.165) is 12.8 Å². The minimum atomic E-state index is -0.944. The quantitative estimate of drug-likeness (QED) is 0.668. The van der Waals surface area contributed by atoms with Crippen LogP contribution in [0.25, 0.3) is 0 Å². The molecule has 0 aliphatic heterocycles. The molecule has 0 aliphatic rings. The Hall–Kier alpha value is -1.79. The van der Waals surface area contributed by atoms with Crippen LogP contribution >= 0.6 is 0 Å². The van der Waals surface area contributed by atoms with E-state index in [1.807, 2.05) is 13.8 Å². The number of likely N-dealkylation sites (N-methyl/N-ethyl adjacent to an activating group) is 1. The van der Waals surface area contributed by atoms with E-state index in [1.54, 1.807) is 14.1 Å². The minimum Gasteiger partial charge on any atom is -0.481 e. The third-order valence-corrected chi connectivity index (χ3v) is 2.99. The summed E-state index contributed by atoms with van der Waals surface area (Å²) < 4.78 is 0. The summed E-state index contributed by atoms with van der Waals surface area (Å²) in [5, 5.41) is 11.6. The Bertz CT molecular complexity index is 358. The van der Waals surface area contributed by atoms with E-state index in [4.69, 9.17) is 5.11 Å². The van der Waals surface area contributed by atoms with Crippen LogP contribution in [0, 0.1) is 0 Å². The summed E-state index contributed by atoms with van der Waals surface area (Å²) in [7, 11) is 3.27. The van der Waals surface area contributed by atoms with Crippen LogP contribution in [0.2, 0.25) is 0 Å². The Labute approximate surface area is 126 Å². The lowest BCUT2D eigenvalue weighted by molar-refractivity contribution is -0.137. The largest absolute Gasteiger partial charge is 0.481 e. The molecule has 7 heteroatoms. The Balaban J connectivity index is 4.69. The van der Waals surface area contributed by atoms with Gasteiger partial charge in [0, 0.05) is 26.7 Å². The number of rotatable bonds is 9. The highest BCUT2D eigenvalue weighted by atomic mass is 16.4. The van der Waals surface area contributed by atoms with Gasteiger partial charge in [0.15, 0.2) is 0 Å². The zero-order valence-electron chi connectivity index (χ0n) is 13.4. The van der Waals surface area contributed by atoms with Gasteiger partial charge in [0.25, 0.3) is 0 Å². The topological polar surface area (TPSA) is 90.0 Å². The second-order valence-electron chi connectivity index (χ2n) is 5.24. The van der Waals surface area contributed by atoms with Crippen molar-refractivity contribution in [2.45, 2.75) is 45.6 Å². The second-order valence-corrected chi connectivity index (χ2v) is 5.24. The Morgan fingerprint density at radius 3 is 2.19 bits per heavy atom. The highest BCUT2D eigenvalue weighted by molar-refractivity contribution is 5.84. The molecule has 122 valence electrons. The Morgan fingerprint density at radius 1 is 1.14 bits per heavy atom. The highest BCUT2D eigenvalue weighted by Crippen LogP contribution is 2.04. The minimum absolute atomic E-state index is 0.00140. The molecule has 0 fully saturated rings. The van der Waals surface area contributed by atoms with Gasteiger partial charge in [-0.25, -0.2) is 4.79 Å². The standard InChI is InChI=1S/C14H27N3O4/c1-5-7-11(9-13(19)20)15-14(21)17(8-6-2)10-12(18)16(3)4/h11H,5-10H2,1-4H3,(H,15,21)(H,19,20). The summed E-state index contributed by atoms with van der Waals surface area (Å²) >= 11 is 0. The van der Waals surface area contributed by atoms with E-state index in [1.165, 1.54) is 9.80 Å². The third kappa shape index (κ3) is 8.16. The number of hydrogen-bond donors (Lipinski definition) is 2. The zero-order valence-corrected chi connectivity index (χ0v) is 13.4. The van der Waals surface area contributed by atoms with Crippen molar-refractivity contribution in [1.82, 2.24) is 15.1 Å². The number of aliphatic carboxylic acids is 1. The number of amides is 3. The van der Waals surface area contributed by atoms with E-state index in [-0.39, 0.29) is 24.9 Å². The Kier molecular flexibility index (Phi) is 9.16. The number of carboxylic acids is 1. The van der Waals surface area contributed by atoms with Crippen molar-refractivity contribution in [3.8, 4) is 0 Å². The van der Waals surface area contributed by atoms with Crippen LogP contribution in [0.1, 0.15) is 39.5 Å². The van der Waals surface area contributed by atoms with Gasteiger partial charge in [0.1, 0.15) is 6.54 Å². The fraction of sp³-hybridized carbons (Fsp3) is 0.786. The van der Waals surface area contributed by atoms with E-state index in [0.29, 0.717) is 13.0 Å². The maximum atomic E-state index is 12.2. The molecule has 0 heterocycles. The molecular formula is C14H27N3O4. The van der Waals surface area contributed by atoms with E-state index in [9.17, 15) is 14.4 Å². The molecule has 0 rings (SSSR count). The maximum absolute atomic E-state index is 12.2. The molecule has 0 aromatic carbocycles. The number of carboxylic acid groups (broad SMARTS) is 1. The van der Waals surface area contributed by atoms with Gasteiger partial charge in [-0.1, -0.05) is 20.3 Å². The molecule has 0 spiro atoms. The third-order valence-electron chi connectivity index (χ3n) is 2.99. The van der Waals surface area contributed by atoms with Crippen LogP contribution in [0.3, 0.4) is 0 Å². The second kappa shape index (κ2) is 10.0. The van der Waals surface area contributed by atoms with Crippen LogP contribution in [0.15, 0.2) is 0 Å². The predicted molar refractivity (Wildman–Crippen MR) is 80.0 cm³/mol. The molecule has 0 radical (unpaired) electrons. The average Bonchev–Trinajstić information content (AvgIpc) is 2.37. The Morgan fingerprint density at radius 2 is 1.76 bits per heavy atom. The van der Waals surface area contributed by atoms with Crippen LogP contribution < -0.4 is 5.32 Å². The van der Waals surface area contributed by atoms with Gasteiger partial charge in [-0.05, 0) is 12.8 Å². The lowest BCUT2D eigenvalue weighted by Gasteiger charge is -2.26. The van der Waals surface area contributed by atoms with Crippen molar-refractivity contribution in [3.05, 3.63) is 0 Å². The molecule has 2 N–H and O–H groups in total. The summed E-state index contributed by atoms with van der Waals surface area (Å²) in [5.74, 6) is -1.11. The summed E-state index contributed by atoms with van der Waals surface area (Å²) in [4.78, 5) is 37.6. The number of urea groups is 1. The monoisotopic (exact) mass is 301 g/mol. The van der Waals surface area contributed by atoms with Crippen molar-refractivity contribution in [3.63, 3.8) is 0 Å². The molecular weight excluding hydrogens is 274 g/mol. The molecule has 7 nitrogen and oxygen atoms in total. The normalized spacial score (nSPS) is 11.6. The van der Waals surface area contributed by atoms with Crippen molar-refractivity contribution < 1.29 is 19.5 Å². The van der Waals surface area contributed by atoms with Gasteiger partial charge in [-0.3, -0.25) is 9.59 Å². The molecule has 1 unspecified atom stereocenters. The molecule has 21 heavy (non-hydrogen) atoms. The number of carbonyl (C=O) groups is 3. The van der Waals surface area contributed by atoms with Crippen molar-refractivity contribution in [2.75, 3.05) is 27.2 Å². The summed E-state index contributed by atoms with van der Waals surface area (Å²) in [5.41, 5.74) is 0. The van der Waals surface area contributed by atoms with Crippen LogP contribution in [0.5, 0.6) is 0 Å². The van der Waals surface area contributed by atoms with Crippen molar-refractivity contribution in [2.24, 2.45) is 0 Å². The fourth-order valence-corrected chi connectivity index (χ4v) is 1.88. The van der Waals surface area contributed by atoms with Gasteiger partial charge >= 0.3 is 12.0 Å². The zero-order chi connectivity index (χ0) is 16.4. The molecule has 0 saturated carbocycles. The predicted octanol–water partition coefficient (Wildman–Crippen LogP) is 1.14. The van der Waals surface area contributed by atoms with E-state index in [2.05, 4.69) is 5.32 Å². The van der Waals surface area contributed by atoms with Crippen LogP contribution in [0.4, 0.5) is 4.79 Å². The summed E-state index contributed by atoms with van der Waals surface area (Å²) in [6, 6.07) is -0.791. The number of nitrogens with one attached hydrogen (secondary N) is 1. The summed E-state index contributed by atoms with van der Waals surface area (Å²) in [6.07, 6.45) is 1.99. The SMILES string of the molecule is CCCC(CC(=O)O)NC(=O)N(CCC)CC(=O)N(C)C. The van der Waals surface area contributed by atoms with Crippen LogP contribution in [-0.2, 0) is 9.59 Å². The molecule has 3 amide bonds. The number of nitrogens with zero attached hydrogens (tertiary/aromatic N) is 2. The first-order chi connectivity index (χ1) is 9.81. The van der Waals surface area contributed by atoms with Crippen LogP contribution in [-0.4, -0.2) is 66.0 Å². The molecule has 1 atom stereocenters. The molecule has 0 saturated heterocycles. The first kappa shape index (κ1) is 19.2. The van der Waals surface area contributed by atoms with Gasteiger partial charge in [0.2, 0.25) is 5.91 Å². The molecule has 0 aromatic heterocycles.